The number of aldehydes is 1. The third kappa shape index (κ3) is 14.5. The number of fused-ring (bicyclic) bond motifs is 1. The summed E-state index contributed by atoms with van der Waals surface area (Å²) in [4.78, 5) is 76.1. The fourth-order valence-corrected chi connectivity index (χ4v) is 6.32. The second kappa shape index (κ2) is 23.0. The van der Waals surface area contributed by atoms with Gasteiger partial charge in [0.1, 0.15) is 18.5 Å². The number of amides is 1. The molecule has 0 saturated carbocycles. The van der Waals surface area contributed by atoms with Crippen molar-refractivity contribution in [3.63, 3.8) is 0 Å². The maximum Gasteiger partial charge on any atom is 0.303 e. The monoisotopic (exact) mass is 780 g/mol. The van der Waals surface area contributed by atoms with Gasteiger partial charge in [-0.25, -0.2) is 0 Å². The number of nitrogens with one attached hydrogen (secondary N) is 1. The zero-order chi connectivity index (χ0) is 39.5. The SMILES string of the molecule is CC(=O)OC[C@H]1O[C@@H](Oc2ccc(C=O)c3sc(CCC(=O)NCCOCCOCCOCCN=[N+]=[N-])cc23)[C@H](OC(C)=O)[C@@H](OC(C)=O)[C@H]1OC(C)=O. The van der Waals surface area contributed by atoms with E-state index >= 15 is 0 Å². The molecule has 20 heteroatoms. The van der Waals surface area contributed by atoms with Gasteiger partial charge in [-0.15, -0.1) is 11.3 Å². The van der Waals surface area contributed by atoms with E-state index in [0.717, 1.165) is 25.6 Å². The first-order valence-electron chi connectivity index (χ1n) is 16.9. The highest BCUT2D eigenvalue weighted by Crippen LogP contribution is 2.38. The van der Waals surface area contributed by atoms with Crippen LogP contribution in [0.4, 0.5) is 0 Å². The summed E-state index contributed by atoms with van der Waals surface area (Å²) in [6.45, 7) is 6.65. The first kappa shape index (κ1) is 43.6. The molecule has 0 spiro atoms. The van der Waals surface area contributed by atoms with Gasteiger partial charge in [-0.2, -0.15) is 0 Å². The smallest absolute Gasteiger partial charge is 0.303 e. The highest BCUT2D eigenvalue weighted by molar-refractivity contribution is 7.19. The number of esters is 4. The summed E-state index contributed by atoms with van der Waals surface area (Å²) in [6, 6.07) is 4.79. The van der Waals surface area contributed by atoms with Crippen molar-refractivity contribution in [3.8, 4) is 5.75 Å². The Morgan fingerprint density at radius 1 is 0.870 bits per heavy atom. The molecule has 2 heterocycles. The van der Waals surface area contributed by atoms with E-state index in [2.05, 4.69) is 15.3 Å². The number of hydrogen-bond acceptors (Lipinski definition) is 17. The van der Waals surface area contributed by atoms with E-state index in [9.17, 15) is 28.8 Å². The van der Waals surface area contributed by atoms with Crippen molar-refractivity contribution in [2.75, 3.05) is 59.3 Å². The van der Waals surface area contributed by atoms with Crippen molar-refractivity contribution < 1.29 is 71.4 Å². The third-order valence-corrected chi connectivity index (χ3v) is 8.60. The number of thiophene rings is 1. The summed E-state index contributed by atoms with van der Waals surface area (Å²) in [6.07, 6.45) is -5.77. The molecule has 1 aliphatic rings. The van der Waals surface area contributed by atoms with Crippen LogP contribution in [0, 0.1) is 0 Å². The van der Waals surface area contributed by atoms with Gasteiger partial charge in [-0.05, 0) is 30.2 Å². The van der Waals surface area contributed by atoms with Crippen molar-refractivity contribution in [2.24, 2.45) is 5.11 Å². The predicted molar refractivity (Wildman–Crippen MR) is 188 cm³/mol. The minimum absolute atomic E-state index is 0.141. The molecule has 1 aromatic heterocycles. The Bertz CT molecular complexity index is 1650. The number of benzene rings is 1. The lowest BCUT2D eigenvalue weighted by atomic mass is 9.98. The molecule has 54 heavy (non-hydrogen) atoms. The average molecular weight is 781 g/mol. The molecule has 0 bridgehead atoms. The van der Waals surface area contributed by atoms with Crippen molar-refractivity contribution in [3.05, 3.63) is 39.1 Å². The lowest BCUT2D eigenvalue weighted by Gasteiger charge is -2.44. The topological polar surface area (TPSA) is 246 Å². The van der Waals surface area contributed by atoms with Crippen LogP contribution in [0.2, 0.25) is 0 Å². The molecule has 5 atom stereocenters. The molecule has 1 saturated heterocycles. The van der Waals surface area contributed by atoms with Crippen LogP contribution in [0.15, 0.2) is 23.3 Å². The van der Waals surface area contributed by atoms with Gasteiger partial charge >= 0.3 is 23.9 Å². The van der Waals surface area contributed by atoms with Crippen LogP contribution >= 0.6 is 11.3 Å². The Hall–Kier alpha value is -4.85. The molecular formula is C34H44N4O15S. The summed E-state index contributed by atoms with van der Waals surface area (Å²) in [5.74, 6) is -3.02. The van der Waals surface area contributed by atoms with E-state index in [0.29, 0.717) is 61.4 Å². The molecule has 1 fully saturated rings. The zero-order valence-electron chi connectivity index (χ0n) is 30.3. The number of azide groups is 1. The Kier molecular flexibility index (Phi) is 18.6. The van der Waals surface area contributed by atoms with E-state index in [1.54, 1.807) is 6.07 Å². The number of aryl methyl sites for hydroxylation is 1. The average Bonchev–Trinajstić information content (AvgIpc) is 3.55. The van der Waals surface area contributed by atoms with Gasteiger partial charge in [0.05, 0.1) is 39.6 Å². The summed E-state index contributed by atoms with van der Waals surface area (Å²) in [7, 11) is 0. The molecule has 3 rings (SSSR count). The second-order valence-corrected chi connectivity index (χ2v) is 12.7. The summed E-state index contributed by atoms with van der Waals surface area (Å²) >= 11 is 1.29. The van der Waals surface area contributed by atoms with Gasteiger partial charge in [-0.1, -0.05) is 5.11 Å². The summed E-state index contributed by atoms with van der Waals surface area (Å²) in [5, 5.41) is 6.64. The van der Waals surface area contributed by atoms with E-state index in [1.807, 2.05) is 0 Å². The number of hydrogen-bond donors (Lipinski definition) is 1. The molecule has 1 N–H and O–H groups in total. The van der Waals surface area contributed by atoms with Gasteiger partial charge in [-0.3, -0.25) is 28.8 Å². The van der Waals surface area contributed by atoms with Crippen LogP contribution in [0.25, 0.3) is 20.5 Å². The van der Waals surface area contributed by atoms with Crippen molar-refractivity contribution in [2.45, 2.75) is 71.2 Å². The molecule has 296 valence electrons. The van der Waals surface area contributed by atoms with Crippen LogP contribution in [0.3, 0.4) is 0 Å². The molecule has 2 aromatic rings. The fraction of sp³-hybridized carbons (Fsp3) is 0.588. The number of ether oxygens (including phenoxy) is 9. The molecular weight excluding hydrogens is 736 g/mol. The molecule has 0 aliphatic carbocycles. The van der Waals surface area contributed by atoms with Gasteiger partial charge in [0.25, 0.3) is 0 Å². The summed E-state index contributed by atoms with van der Waals surface area (Å²) in [5.41, 5.74) is 8.57. The molecule has 1 aromatic carbocycles. The largest absolute Gasteiger partial charge is 0.463 e. The van der Waals surface area contributed by atoms with Crippen LogP contribution in [0.5, 0.6) is 5.75 Å². The molecule has 0 radical (unpaired) electrons. The van der Waals surface area contributed by atoms with E-state index in [4.69, 9.17) is 48.2 Å². The minimum Gasteiger partial charge on any atom is -0.463 e. The third-order valence-electron chi connectivity index (χ3n) is 7.35. The summed E-state index contributed by atoms with van der Waals surface area (Å²) < 4.78 is 50.5. The number of carbonyl (C=O) groups excluding carboxylic acids is 6. The Morgan fingerprint density at radius 3 is 2.13 bits per heavy atom. The van der Waals surface area contributed by atoms with Crippen molar-refractivity contribution in [1.29, 1.82) is 0 Å². The molecule has 19 nitrogen and oxygen atoms in total. The number of rotatable bonds is 23. The Morgan fingerprint density at radius 2 is 1.50 bits per heavy atom. The van der Waals surface area contributed by atoms with Gasteiger partial charge in [0.15, 0.2) is 18.5 Å². The molecule has 1 aliphatic heterocycles. The number of carbonyl (C=O) groups is 6. The van der Waals surface area contributed by atoms with Crippen LogP contribution < -0.4 is 10.1 Å². The first-order valence-corrected chi connectivity index (χ1v) is 17.7. The fourth-order valence-electron chi connectivity index (χ4n) is 5.18. The molecule has 0 unspecified atom stereocenters. The van der Waals surface area contributed by atoms with E-state index < -0.39 is 61.2 Å². The maximum absolute atomic E-state index is 12.6. The normalized spacial score (nSPS) is 19.2. The molecule has 1 amide bonds. The highest BCUT2D eigenvalue weighted by Gasteiger charge is 2.53. The highest BCUT2D eigenvalue weighted by atomic mass is 32.1. The quantitative estimate of drug-likeness (QED) is 0.0324. The van der Waals surface area contributed by atoms with Crippen molar-refractivity contribution >= 4 is 57.5 Å². The van der Waals surface area contributed by atoms with E-state index in [1.165, 1.54) is 30.4 Å². The number of nitrogens with zero attached hydrogens (tertiary/aromatic N) is 3. The van der Waals surface area contributed by atoms with E-state index in [-0.39, 0.29) is 37.8 Å². The maximum atomic E-state index is 12.6. The Balaban J connectivity index is 1.66. The second-order valence-electron chi connectivity index (χ2n) is 11.6. The predicted octanol–water partition coefficient (Wildman–Crippen LogP) is 2.58. The van der Waals surface area contributed by atoms with Gasteiger partial charge < -0.3 is 47.9 Å². The first-order chi connectivity index (χ1) is 25.9. The lowest BCUT2D eigenvalue weighted by molar-refractivity contribution is -0.288. The van der Waals surface area contributed by atoms with Crippen LogP contribution in [-0.2, 0) is 68.3 Å². The Labute approximate surface area is 314 Å². The van der Waals surface area contributed by atoms with Gasteiger partial charge in [0.2, 0.25) is 18.3 Å². The minimum atomic E-state index is -1.48. The van der Waals surface area contributed by atoms with Gasteiger partial charge in [0, 0.05) is 72.6 Å². The lowest BCUT2D eigenvalue weighted by Crippen LogP contribution is -2.63. The van der Waals surface area contributed by atoms with Crippen LogP contribution in [-0.4, -0.2) is 126 Å². The van der Waals surface area contributed by atoms with Crippen LogP contribution in [0.1, 0.15) is 49.4 Å². The zero-order valence-corrected chi connectivity index (χ0v) is 31.2. The standard InChI is InChI=1S/C34H44N4O15S/c1-20(40)48-19-28-30(49-21(2)41)31(50-22(3)42)32(51-23(4)43)34(53-28)52-27-7-5-24(18-39)33-26(27)17-25(54-33)6-8-29(44)36-9-11-45-13-15-47-16-14-46-12-10-37-38-35/h5,7,17-18,28,30-32,34H,6,8-16,19H2,1-4H3,(H,36,44)/t28-,30+,31+,32-,34-/m1/s1. The van der Waals surface area contributed by atoms with Crippen molar-refractivity contribution in [1.82, 2.24) is 5.32 Å².